The van der Waals surface area contributed by atoms with E-state index in [1.165, 1.54) is 0 Å². The fraction of sp³-hybridized carbons (Fsp3) is 0.923. The third-order valence-corrected chi connectivity index (χ3v) is 6.90. The van der Waals surface area contributed by atoms with Gasteiger partial charge in [0.15, 0.2) is 18.5 Å². The van der Waals surface area contributed by atoms with Gasteiger partial charge in [0, 0.05) is 5.92 Å². The molecule has 2 heterocycles. The minimum Gasteiger partial charge on any atom is -0.479 e. The van der Waals surface area contributed by atoms with Crippen LogP contribution in [0.3, 0.4) is 0 Å². The number of aliphatic hydroxyl groups excluding tert-OH is 2. The molecular weight excluding hydrogens is 652 g/mol. The van der Waals surface area contributed by atoms with Crippen molar-refractivity contribution in [1.82, 2.24) is 0 Å². The Balaban J connectivity index is 2.58. The molecule has 2 rings (SSSR count). The Hall–Kier alpha value is -1.25. The lowest BCUT2D eigenvalue weighted by atomic mass is 9.96. The molecule has 23 nitrogen and oxygen atoms in total. The first kappa shape index (κ1) is 34.9. The molecule has 2 aliphatic heterocycles. The summed E-state index contributed by atoms with van der Waals surface area (Å²) >= 11 is 0. The maximum Gasteiger partial charge on any atom is 0.397 e. The van der Waals surface area contributed by atoms with Crippen molar-refractivity contribution in [3.05, 3.63) is 0 Å². The highest BCUT2D eigenvalue weighted by molar-refractivity contribution is 7.81. The Morgan fingerprint density at radius 2 is 1.20 bits per heavy atom. The van der Waals surface area contributed by atoms with Gasteiger partial charge < -0.3 is 29.5 Å². The van der Waals surface area contributed by atoms with E-state index in [1.54, 1.807) is 0 Å². The lowest BCUT2D eigenvalue weighted by Gasteiger charge is -2.42. The first-order valence-corrected chi connectivity index (χ1v) is 15.5. The van der Waals surface area contributed by atoms with Gasteiger partial charge in [0.2, 0.25) is 0 Å². The summed E-state index contributed by atoms with van der Waals surface area (Å²) in [7, 11) is -21.7. The number of aliphatic carboxylic acids is 1. The smallest absolute Gasteiger partial charge is 0.397 e. The van der Waals surface area contributed by atoms with E-state index in [0.717, 1.165) is 0 Å². The van der Waals surface area contributed by atoms with Gasteiger partial charge in [-0.3, -0.25) is 18.2 Å². The van der Waals surface area contributed by atoms with Crippen molar-refractivity contribution < 1.29 is 103 Å². The number of carbonyl (C=O) groups is 1. The molecule has 2 fully saturated rings. The van der Waals surface area contributed by atoms with Crippen LogP contribution in [0.5, 0.6) is 0 Å². The molecule has 0 aromatic rings. The van der Waals surface area contributed by atoms with Crippen LogP contribution in [-0.2, 0) is 77.3 Å². The zero-order valence-corrected chi connectivity index (χ0v) is 22.4. The molecule has 0 spiro atoms. The first-order chi connectivity index (χ1) is 18.0. The average molecular weight is 675 g/mol. The van der Waals surface area contributed by atoms with Crippen molar-refractivity contribution in [1.29, 1.82) is 0 Å². The summed E-state index contributed by atoms with van der Waals surface area (Å²) in [6, 6.07) is 0. The largest absolute Gasteiger partial charge is 0.479 e. The van der Waals surface area contributed by atoms with Gasteiger partial charge in [0.05, 0.1) is 32.0 Å². The minimum atomic E-state index is -5.66. The van der Waals surface area contributed by atoms with E-state index in [2.05, 4.69) is 16.7 Å². The van der Waals surface area contributed by atoms with Crippen LogP contribution in [0.25, 0.3) is 0 Å². The summed E-state index contributed by atoms with van der Waals surface area (Å²) in [5.41, 5.74) is 0. The van der Waals surface area contributed by atoms with Gasteiger partial charge in [0.1, 0.15) is 18.3 Å². The first-order valence-electron chi connectivity index (χ1n) is 10.0. The van der Waals surface area contributed by atoms with Crippen molar-refractivity contribution in [3.8, 4) is 0 Å². The molecule has 0 aromatic heterocycles. The normalized spacial score (nSPS) is 34.1. The van der Waals surface area contributed by atoms with Crippen molar-refractivity contribution in [2.45, 2.75) is 49.0 Å². The van der Waals surface area contributed by atoms with Crippen LogP contribution in [0.2, 0.25) is 0 Å². The highest BCUT2D eigenvalue weighted by Gasteiger charge is 2.56. The summed E-state index contributed by atoms with van der Waals surface area (Å²) < 4.78 is 158. The Morgan fingerprint density at radius 1 is 0.700 bits per heavy atom. The SMILES string of the molecule is O=C(O)C1OC(OC2C(COS(=O)(=O)O)OC(CO)C2COS(=O)(=O)O)C(OS(=O)(=O)O)C(OS(=O)(=O)O)C1O. The molecule has 2 aliphatic rings. The fourth-order valence-corrected chi connectivity index (χ4v) is 5.32. The number of hydrogen-bond donors (Lipinski definition) is 7. The summed E-state index contributed by atoms with van der Waals surface area (Å²) in [5.74, 6) is -3.70. The van der Waals surface area contributed by atoms with Gasteiger partial charge in [-0.05, 0) is 0 Å². The van der Waals surface area contributed by atoms with Crippen LogP contribution in [0.15, 0.2) is 0 Å². The Labute approximate surface area is 225 Å². The molecule has 9 atom stereocenters. The van der Waals surface area contributed by atoms with Gasteiger partial charge in [-0.15, -0.1) is 0 Å². The predicted octanol–water partition coefficient (Wildman–Crippen LogP) is -5.07. The van der Waals surface area contributed by atoms with Crippen LogP contribution in [0.1, 0.15) is 0 Å². The number of hydrogen-bond acceptors (Lipinski definition) is 18. The van der Waals surface area contributed by atoms with Gasteiger partial charge in [0.25, 0.3) is 0 Å². The van der Waals surface area contributed by atoms with E-state index in [0.29, 0.717) is 0 Å². The van der Waals surface area contributed by atoms with E-state index in [9.17, 15) is 53.8 Å². The molecule has 0 radical (unpaired) electrons. The molecule has 0 saturated carbocycles. The molecule has 40 heavy (non-hydrogen) atoms. The molecule has 27 heteroatoms. The Bertz CT molecular complexity index is 1320. The van der Waals surface area contributed by atoms with E-state index in [1.807, 2.05) is 0 Å². The lowest BCUT2D eigenvalue weighted by Crippen LogP contribution is -2.63. The van der Waals surface area contributed by atoms with Crippen LogP contribution in [0.4, 0.5) is 0 Å². The number of ether oxygens (including phenoxy) is 3. The molecule has 0 amide bonds. The van der Waals surface area contributed by atoms with Crippen molar-refractivity contribution in [2.75, 3.05) is 19.8 Å². The highest BCUT2D eigenvalue weighted by Crippen LogP contribution is 2.36. The highest BCUT2D eigenvalue weighted by atomic mass is 32.3. The molecule has 9 unspecified atom stereocenters. The van der Waals surface area contributed by atoms with Crippen molar-refractivity contribution >= 4 is 47.6 Å². The van der Waals surface area contributed by atoms with E-state index < -0.39 is 122 Å². The average Bonchev–Trinajstić information content (AvgIpc) is 3.08. The second kappa shape index (κ2) is 12.9. The van der Waals surface area contributed by atoms with E-state index >= 15 is 0 Å². The molecular formula is C13H22O23S4. The topological polar surface area (TPSA) is 360 Å². The summed E-state index contributed by atoms with van der Waals surface area (Å²) in [6.07, 6.45) is -18.6. The van der Waals surface area contributed by atoms with Crippen LogP contribution in [0, 0.1) is 5.92 Å². The van der Waals surface area contributed by atoms with Crippen molar-refractivity contribution in [2.24, 2.45) is 5.92 Å². The second-order valence-corrected chi connectivity index (χ2v) is 12.1. The molecule has 236 valence electrons. The summed E-state index contributed by atoms with van der Waals surface area (Å²) in [6.45, 7) is -3.36. The van der Waals surface area contributed by atoms with Crippen molar-refractivity contribution in [3.63, 3.8) is 0 Å². The molecule has 2 saturated heterocycles. The zero-order chi connectivity index (χ0) is 30.8. The number of carboxylic acids is 1. The Morgan fingerprint density at radius 3 is 1.65 bits per heavy atom. The molecule has 0 bridgehead atoms. The minimum absolute atomic E-state index is 1.01. The van der Waals surface area contributed by atoms with E-state index in [4.69, 9.17) is 32.4 Å². The van der Waals surface area contributed by atoms with E-state index in [-0.39, 0.29) is 0 Å². The quantitative estimate of drug-likeness (QED) is 0.0847. The zero-order valence-electron chi connectivity index (χ0n) is 19.1. The maximum atomic E-state index is 11.6. The molecule has 0 aromatic carbocycles. The maximum absolute atomic E-state index is 11.6. The number of aliphatic hydroxyl groups is 2. The third-order valence-electron chi connectivity index (χ3n) is 5.11. The van der Waals surface area contributed by atoms with Crippen LogP contribution in [-0.4, -0.2) is 142 Å². The van der Waals surface area contributed by atoms with Crippen LogP contribution >= 0.6 is 0 Å². The standard InChI is InChI=1S/C13H22O23S4/c14-1-5-4(2-30-37(18,19)20)8(6(32-5)3-31-38(21,22)23)33-13-11(36-40(27,28)29)9(35-39(24,25)26)7(15)10(34-13)12(16)17/h4-11,13-15H,1-3H2,(H,16,17)(H,18,19,20)(H,21,22,23)(H,24,25,26)(H,27,28,29). The fourth-order valence-electron chi connectivity index (χ4n) is 3.70. The summed E-state index contributed by atoms with van der Waals surface area (Å²) in [4.78, 5) is 11.6. The predicted molar refractivity (Wildman–Crippen MR) is 114 cm³/mol. The van der Waals surface area contributed by atoms with Gasteiger partial charge >= 0.3 is 47.6 Å². The third kappa shape index (κ3) is 10.5. The summed E-state index contributed by atoms with van der Waals surface area (Å²) in [5, 5.41) is 29.2. The van der Waals surface area contributed by atoms with Gasteiger partial charge in [-0.25, -0.2) is 21.5 Å². The van der Waals surface area contributed by atoms with Crippen LogP contribution < -0.4 is 0 Å². The number of carboxylic acid groups (broad SMARTS) is 1. The molecule has 7 N–H and O–H groups in total. The monoisotopic (exact) mass is 674 g/mol. The molecule has 0 aliphatic carbocycles. The van der Waals surface area contributed by atoms with Gasteiger partial charge in [-0.2, -0.15) is 33.7 Å². The van der Waals surface area contributed by atoms with Gasteiger partial charge in [-0.1, -0.05) is 0 Å². The lowest BCUT2D eigenvalue weighted by molar-refractivity contribution is -0.301. The Kier molecular flexibility index (Phi) is 11.3. The second-order valence-electron chi connectivity index (χ2n) is 7.82. The number of rotatable bonds is 14.